The van der Waals surface area contributed by atoms with Gasteiger partial charge in [-0.1, -0.05) is 60.1 Å². The van der Waals surface area contributed by atoms with E-state index in [1.807, 2.05) is 26.0 Å². The first-order valence-electron chi connectivity index (χ1n) is 14.7. The summed E-state index contributed by atoms with van der Waals surface area (Å²) in [4.78, 5) is 54.1. The third-order valence-electron chi connectivity index (χ3n) is 12.7. The lowest BCUT2D eigenvalue weighted by atomic mass is 9.34. The fourth-order valence-electron chi connectivity index (χ4n) is 10.4. The summed E-state index contributed by atoms with van der Waals surface area (Å²) in [6, 6.07) is 0. The normalized spacial score (nSPS) is 44.0. The van der Waals surface area contributed by atoms with Crippen LogP contribution in [0.5, 0.6) is 0 Å². The molecule has 5 rings (SSSR count). The number of rotatable bonds is 2. The molecular formula is C33H46O6. The lowest BCUT2D eigenvalue weighted by Crippen LogP contribution is -2.66. The van der Waals surface area contributed by atoms with Gasteiger partial charge in [0.2, 0.25) is 0 Å². The van der Waals surface area contributed by atoms with E-state index in [0.29, 0.717) is 0 Å². The van der Waals surface area contributed by atoms with Crippen molar-refractivity contribution in [1.29, 1.82) is 0 Å². The number of allylic oxidation sites excluding steroid dienone is 3. The number of hydrogen-bond acceptors (Lipinski definition) is 6. The Morgan fingerprint density at radius 2 is 1.51 bits per heavy atom. The largest absolute Gasteiger partial charge is 0.469 e. The maximum absolute atomic E-state index is 14.5. The molecule has 0 N–H and O–H groups in total. The van der Waals surface area contributed by atoms with Crippen molar-refractivity contribution >= 4 is 23.5 Å². The summed E-state index contributed by atoms with van der Waals surface area (Å²) in [5.74, 6) is -1.26. The molecule has 7 atom stereocenters. The number of ether oxygens (including phenoxy) is 2. The minimum absolute atomic E-state index is 0.0375. The van der Waals surface area contributed by atoms with Crippen LogP contribution in [0.15, 0.2) is 23.3 Å². The van der Waals surface area contributed by atoms with E-state index in [1.165, 1.54) is 14.2 Å². The highest BCUT2D eigenvalue weighted by Gasteiger charge is 2.71. The SMILES string of the molecule is COC(=O)C1=C[C@]2(C)C3=CC(=O)C4C5CC(C)(C)CC[C@]5(C(=O)OC)CC[C@@]4(C)[C@]3(C)CC[C@H]2C(C)(C)C1=O. The van der Waals surface area contributed by atoms with Gasteiger partial charge in [0.05, 0.1) is 19.6 Å². The van der Waals surface area contributed by atoms with Crippen LogP contribution < -0.4 is 0 Å². The average Bonchev–Trinajstić information content (AvgIpc) is 2.86. The molecule has 5 aliphatic carbocycles. The molecule has 0 aromatic heterocycles. The van der Waals surface area contributed by atoms with Gasteiger partial charge in [-0.15, -0.1) is 0 Å². The number of fused-ring (bicyclic) bond motifs is 7. The summed E-state index contributed by atoms with van der Waals surface area (Å²) < 4.78 is 10.4. The molecule has 6 heteroatoms. The van der Waals surface area contributed by atoms with E-state index in [-0.39, 0.29) is 57.1 Å². The Bertz CT molecular complexity index is 1220. The van der Waals surface area contributed by atoms with Crippen LogP contribution in [0.3, 0.4) is 0 Å². The molecule has 0 bridgehead atoms. The zero-order valence-electron chi connectivity index (χ0n) is 25.3. The van der Waals surface area contributed by atoms with Gasteiger partial charge in [-0.2, -0.15) is 0 Å². The zero-order valence-corrected chi connectivity index (χ0v) is 25.3. The predicted molar refractivity (Wildman–Crippen MR) is 147 cm³/mol. The fraction of sp³-hybridized carbons (Fsp3) is 0.758. The fourth-order valence-corrected chi connectivity index (χ4v) is 10.4. The van der Waals surface area contributed by atoms with Crippen molar-refractivity contribution in [3.8, 4) is 0 Å². The molecular weight excluding hydrogens is 492 g/mol. The third-order valence-corrected chi connectivity index (χ3v) is 12.7. The zero-order chi connectivity index (χ0) is 29.0. The molecule has 39 heavy (non-hydrogen) atoms. The minimum Gasteiger partial charge on any atom is -0.469 e. The summed E-state index contributed by atoms with van der Waals surface area (Å²) in [6.45, 7) is 15.1. The number of Topliss-reactive ketones (excluding diaryl/α,β-unsaturated/α-hetero) is 1. The molecule has 0 amide bonds. The van der Waals surface area contributed by atoms with E-state index in [9.17, 15) is 19.2 Å². The van der Waals surface area contributed by atoms with Crippen molar-refractivity contribution in [2.45, 2.75) is 93.4 Å². The second-order valence-corrected chi connectivity index (χ2v) is 15.3. The average molecular weight is 539 g/mol. The van der Waals surface area contributed by atoms with E-state index in [2.05, 4.69) is 34.6 Å². The lowest BCUT2D eigenvalue weighted by molar-refractivity contribution is -0.191. The monoisotopic (exact) mass is 538 g/mol. The second-order valence-electron chi connectivity index (χ2n) is 15.3. The molecule has 0 radical (unpaired) electrons. The third kappa shape index (κ3) is 3.45. The van der Waals surface area contributed by atoms with Gasteiger partial charge >= 0.3 is 11.9 Å². The van der Waals surface area contributed by atoms with Crippen LogP contribution in [0, 0.1) is 50.2 Å². The molecule has 2 unspecified atom stereocenters. The van der Waals surface area contributed by atoms with Crippen molar-refractivity contribution in [3.63, 3.8) is 0 Å². The highest BCUT2D eigenvalue weighted by Crippen LogP contribution is 2.74. The molecule has 0 heterocycles. The van der Waals surface area contributed by atoms with Crippen molar-refractivity contribution in [1.82, 2.24) is 0 Å². The molecule has 3 saturated carbocycles. The van der Waals surface area contributed by atoms with Crippen LogP contribution in [0.4, 0.5) is 0 Å². The maximum Gasteiger partial charge on any atom is 0.341 e. The van der Waals surface area contributed by atoms with Crippen molar-refractivity contribution in [2.24, 2.45) is 50.2 Å². The summed E-state index contributed by atoms with van der Waals surface area (Å²) in [7, 11) is 2.78. The van der Waals surface area contributed by atoms with Gasteiger partial charge < -0.3 is 9.47 Å². The summed E-state index contributed by atoms with van der Waals surface area (Å²) >= 11 is 0. The smallest absolute Gasteiger partial charge is 0.341 e. The van der Waals surface area contributed by atoms with Crippen molar-refractivity contribution < 1.29 is 28.7 Å². The van der Waals surface area contributed by atoms with Crippen molar-refractivity contribution in [2.75, 3.05) is 14.2 Å². The molecule has 3 fully saturated rings. The van der Waals surface area contributed by atoms with Gasteiger partial charge in [0.15, 0.2) is 11.6 Å². The Kier molecular flexibility index (Phi) is 6.09. The summed E-state index contributed by atoms with van der Waals surface area (Å²) in [6.07, 6.45) is 9.37. The van der Waals surface area contributed by atoms with E-state index >= 15 is 0 Å². The second kappa shape index (κ2) is 8.39. The van der Waals surface area contributed by atoms with Crippen LogP contribution >= 0.6 is 0 Å². The van der Waals surface area contributed by atoms with Crippen LogP contribution in [0.2, 0.25) is 0 Å². The highest BCUT2D eigenvalue weighted by atomic mass is 16.5. The molecule has 0 aromatic rings. The summed E-state index contributed by atoms with van der Waals surface area (Å²) in [5.41, 5.74) is -1.54. The highest BCUT2D eigenvalue weighted by molar-refractivity contribution is 6.20. The summed E-state index contributed by atoms with van der Waals surface area (Å²) in [5, 5.41) is 0. The molecule has 5 aliphatic rings. The van der Waals surface area contributed by atoms with E-state index < -0.39 is 22.2 Å². The Morgan fingerprint density at radius 1 is 0.872 bits per heavy atom. The van der Waals surface area contributed by atoms with Crippen LogP contribution in [-0.2, 0) is 28.7 Å². The number of carbonyl (C=O) groups is 4. The first-order chi connectivity index (χ1) is 17.9. The van der Waals surface area contributed by atoms with Gasteiger partial charge in [-0.3, -0.25) is 14.4 Å². The molecule has 0 aromatic carbocycles. The quantitative estimate of drug-likeness (QED) is 0.315. The first kappa shape index (κ1) is 28.3. The molecule has 0 saturated heterocycles. The molecule has 214 valence electrons. The van der Waals surface area contributed by atoms with E-state index in [0.717, 1.165) is 50.5 Å². The van der Waals surface area contributed by atoms with Crippen LogP contribution in [-0.4, -0.2) is 37.7 Å². The van der Waals surface area contributed by atoms with E-state index in [1.54, 1.807) is 0 Å². The number of methoxy groups -OCH3 is 2. The number of ketones is 2. The van der Waals surface area contributed by atoms with E-state index in [4.69, 9.17) is 9.47 Å². The lowest BCUT2D eigenvalue weighted by Gasteiger charge is -2.68. The standard InChI is InChI=1S/C33H46O6/c1-28(2)12-14-33(27(37)39-9)15-13-32(7)24(20(33)18-28)21(34)16-23-30(5)17-19(26(36)38-8)25(35)29(3,4)22(30)10-11-31(23,32)6/h16-17,20,22,24H,10-15,18H2,1-9H3/t20?,22-,24?,30-,31+,32+,33-/m0/s1. The Hall–Kier alpha value is -2.24. The predicted octanol–water partition coefficient (Wildman–Crippen LogP) is 6.03. The Labute approximate surface area is 233 Å². The van der Waals surface area contributed by atoms with Gasteiger partial charge in [0.1, 0.15) is 5.57 Å². The molecule has 0 spiro atoms. The Balaban J connectivity index is 1.71. The van der Waals surface area contributed by atoms with Crippen LogP contribution in [0.1, 0.15) is 93.4 Å². The van der Waals surface area contributed by atoms with Gasteiger partial charge in [0.25, 0.3) is 0 Å². The molecule has 0 aliphatic heterocycles. The minimum atomic E-state index is -0.768. The number of carbonyl (C=O) groups excluding carboxylic acids is 4. The number of esters is 2. The Morgan fingerprint density at radius 3 is 2.13 bits per heavy atom. The van der Waals surface area contributed by atoms with Gasteiger partial charge in [-0.25, -0.2) is 4.79 Å². The van der Waals surface area contributed by atoms with Gasteiger partial charge in [0, 0.05) is 16.7 Å². The van der Waals surface area contributed by atoms with Crippen molar-refractivity contribution in [3.05, 3.63) is 23.3 Å². The molecule has 6 nitrogen and oxygen atoms in total. The topological polar surface area (TPSA) is 86.7 Å². The van der Waals surface area contributed by atoms with Crippen LogP contribution in [0.25, 0.3) is 0 Å². The number of hydrogen-bond donors (Lipinski definition) is 0. The van der Waals surface area contributed by atoms with Gasteiger partial charge in [-0.05, 0) is 79.1 Å². The maximum atomic E-state index is 14.5. The first-order valence-corrected chi connectivity index (χ1v) is 14.7.